The van der Waals surface area contributed by atoms with Gasteiger partial charge in [-0.25, -0.2) is 26.5 Å². The van der Waals surface area contributed by atoms with E-state index in [1.807, 2.05) is 0 Å². The zero-order chi connectivity index (χ0) is 22.6. The predicted octanol–water partition coefficient (Wildman–Crippen LogP) is 2.00. The van der Waals surface area contributed by atoms with Crippen molar-refractivity contribution in [1.29, 1.82) is 0 Å². The zero-order valence-corrected chi connectivity index (χ0v) is 18.6. The number of alkyl halides is 2. The molecular formula is C19H27F2N5O4S. The van der Waals surface area contributed by atoms with Gasteiger partial charge >= 0.3 is 0 Å². The predicted molar refractivity (Wildman–Crippen MR) is 110 cm³/mol. The largest absolute Gasteiger partial charge is 0.472 e. The van der Waals surface area contributed by atoms with Crippen LogP contribution in [0.25, 0.3) is 0 Å². The zero-order valence-electron chi connectivity index (χ0n) is 17.8. The lowest BCUT2D eigenvalue weighted by molar-refractivity contribution is -0.133. The highest BCUT2D eigenvalue weighted by molar-refractivity contribution is 7.88. The van der Waals surface area contributed by atoms with E-state index in [1.54, 1.807) is 13.8 Å². The molecule has 0 aromatic carbocycles. The molecule has 1 N–H and O–H groups in total. The average molecular weight is 460 g/mol. The number of hydrogen-bond donors (Lipinski definition) is 1. The van der Waals surface area contributed by atoms with Crippen LogP contribution in [0.5, 0.6) is 5.75 Å². The van der Waals surface area contributed by atoms with E-state index in [-0.39, 0.29) is 36.4 Å². The monoisotopic (exact) mass is 459 g/mol. The fraction of sp³-hybridized carbons (Fsp3) is 0.737. The first kappa shape index (κ1) is 22.1. The van der Waals surface area contributed by atoms with Gasteiger partial charge in [-0.15, -0.1) is 0 Å². The first-order valence-electron chi connectivity index (χ1n) is 10.3. The minimum atomic E-state index is -3.23. The van der Waals surface area contributed by atoms with E-state index in [1.165, 1.54) is 21.7 Å². The van der Waals surface area contributed by atoms with Crippen molar-refractivity contribution < 1.29 is 26.7 Å². The summed E-state index contributed by atoms with van der Waals surface area (Å²) >= 11 is 0. The normalized spacial score (nSPS) is 26.4. The lowest BCUT2D eigenvalue weighted by Crippen LogP contribution is -2.56. The summed E-state index contributed by atoms with van der Waals surface area (Å²) in [6, 6.07) is -0.706. The van der Waals surface area contributed by atoms with Crippen molar-refractivity contribution in [2.24, 2.45) is 0 Å². The third-order valence-corrected chi connectivity index (χ3v) is 7.37. The lowest BCUT2D eigenvalue weighted by atomic mass is 10.0. The van der Waals surface area contributed by atoms with Gasteiger partial charge in [0.15, 0.2) is 17.2 Å². The van der Waals surface area contributed by atoms with Gasteiger partial charge in [0, 0.05) is 38.0 Å². The summed E-state index contributed by atoms with van der Waals surface area (Å²) < 4.78 is 58.3. The SMILES string of the molecule is CC1(C)Oc2cnc(NC3CCN(S(C)(=O)=O)CC3)nc2N([C@H]2CCC(F)(F)C2)C1=O. The number of carbonyl (C=O) groups is 1. The van der Waals surface area contributed by atoms with Gasteiger partial charge in [0.2, 0.25) is 21.9 Å². The fourth-order valence-electron chi connectivity index (χ4n) is 4.38. The van der Waals surface area contributed by atoms with Crippen LogP contribution < -0.4 is 15.0 Å². The number of sulfonamides is 1. The molecule has 2 aliphatic heterocycles. The topological polar surface area (TPSA) is 105 Å². The number of ether oxygens (including phenoxy) is 1. The molecule has 12 heteroatoms. The van der Waals surface area contributed by atoms with Crippen LogP contribution in [0.15, 0.2) is 6.20 Å². The maximum Gasteiger partial charge on any atom is 0.272 e. The molecule has 1 saturated heterocycles. The molecule has 0 spiro atoms. The lowest BCUT2D eigenvalue weighted by Gasteiger charge is -2.40. The number of carbonyl (C=O) groups excluding carboxylic acids is 1. The molecule has 1 atom stereocenters. The first-order chi connectivity index (χ1) is 14.4. The summed E-state index contributed by atoms with van der Waals surface area (Å²) in [6.07, 6.45) is 3.30. The smallest absolute Gasteiger partial charge is 0.272 e. The van der Waals surface area contributed by atoms with E-state index in [4.69, 9.17) is 4.74 Å². The highest BCUT2D eigenvalue weighted by Crippen LogP contribution is 2.44. The van der Waals surface area contributed by atoms with Gasteiger partial charge < -0.3 is 10.1 Å². The second-order valence-corrected chi connectivity index (χ2v) is 11.0. The van der Waals surface area contributed by atoms with Crippen molar-refractivity contribution in [3.63, 3.8) is 0 Å². The van der Waals surface area contributed by atoms with Crippen LogP contribution in [0, 0.1) is 0 Å². The summed E-state index contributed by atoms with van der Waals surface area (Å²) in [7, 11) is -3.23. The number of rotatable bonds is 4. The van der Waals surface area contributed by atoms with Crippen LogP contribution in [0.1, 0.15) is 46.0 Å². The number of nitrogens with zero attached hydrogens (tertiary/aromatic N) is 4. The standard InChI is InChI=1S/C19H27F2N5O4S/c1-18(2)16(27)26(13-4-7-19(20,21)10-13)15-14(30-18)11-22-17(24-15)23-12-5-8-25(9-6-12)31(3,28)29/h11-13H,4-10H2,1-3H3,(H,22,23,24)/t13-/m0/s1. The van der Waals surface area contributed by atoms with Crippen LogP contribution in [-0.2, 0) is 14.8 Å². The summed E-state index contributed by atoms with van der Waals surface area (Å²) in [5, 5.41) is 3.18. The molecule has 3 heterocycles. The molecule has 1 amide bonds. The van der Waals surface area contributed by atoms with Crippen LogP contribution in [0.3, 0.4) is 0 Å². The molecule has 31 heavy (non-hydrogen) atoms. The van der Waals surface area contributed by atoms with Crippen molar-refractivity contribution in [2.45, 2.75) is 69.6 Å². The van der Waals surface area contributed by atoms with Gasteiger partial charge in [0.05, 0.1) is 12.5 Å². The Balaban J connectivity index is 1.56. The van der Waals surface area contributed by atoms with E-state index in [9.17, 15) is 22.0 Å². The summed E-state index contributed by atoms with van der Waals surface area (Å²) in [5.41, 5.74) is -1.21. The van der Waals surface area contributed by atoms with Crippen molar-refractivity contribution in [2.75, 3.05) is 29.6 Å². The minimum Gasteiger partial charge on any atom is -0.472 e. The van der Waals surface area contributed by atoms with Crippen LogP contribution in [0.4, 0.5) is 20.5 Å². The van der Waals surface area contributed by atoms with Crippen molar-refractivity contribution in [1.82, 2.24) is 14.3 Å². The summed E-state index contributed by atoms with van der Waals surface area (Å²) in [4.78, 5) is 23.1. The number of halogens is 2. The molecule has 0 unspecified atom stereocenters. The Bertz CT molecular complexity index is 980. The number of piperidine rings is 1. The van der Waals surface area contributed by atoms with Crippen molar-refractivity contribution >= 4 is 27.7 Å². The van der Waals surface area contributed by atoms with Gasteiger partial charge in [0.1, 0.15) is 0 Å². The molecule has 0 bridgehead atoms. The van der Waals surface area contributed by atoms with Gasteiger partial charge in [0.25, 0.3) is 5.91 Å². The van der Waals surface area contributed by atoms with E-state index in [0.29, 0.717) is 25.9 Å². The number of hydrogen-bond acceptors (Lipinski definition) is 7. The fourth-order valence-corrected chi connectivity index (χ4v) is 5.25. The molecule has 0 radical (unpaired) electrons. The van der Waals surface area contributed by atoms with Gasteiger partial charge in [-0.2, -0.15) is 4.98 Å². The van der Waals surface area contributed by atoms with E-state index < -0.39 is 39.9 Å². The van der Waals surface area contributed by atoms with E-state index in [0.717, 1.165) is 0 Å². The number of anilines is 2. The molecule has 3 aliphatic rings. The van der Waals surface area contributed by atoms with E-state index >= 15 is 0 Å². The van der Waals surface area contributed by atoms with Gasteiger partial charge in [-0.05, 0) is 33.1 Å². The average Bonchev–Trinajstić information content (AvgIpc) is 3.02. The quantitative estimate of drug-likeness (QED) is 0.734. The Labute approximate surface area is 180 Å². The molecule has 1 aliphatic carbocycles. The van der Waals surface area contributed by atoms with Gasteiger partial charge in [-0.3, -0.25) is 9.69 Å². The second kappa shape index (κ2) is 7.51. The maximum atomic E-state index is 13.9. The van der Waals surface area contributed by atoms with Crippen LogP contribution in [-0.4, -0.2) is 71.6 Å². The summed E-state index contributed by atoms with van der Waals surface area (Å²) in [6.45, 7) is 3.97. The molecule has 172 valence electrons. The van der Waals surface area contributed by atoms with Crippen LogP contribution >= 0.6 is 0 Å². The molecule has 9 nitrogen and oxygen atoms in total. The Morgan fingerprint density at radius 2 is 1.90 bits per heavy atom. The molecule has 1 aromatic rings. The highest BCUT2D eigenvalue weighted by Gasteiger charge is 2.50. The minimum absolute atomic E-state index is 0.0445. The first-order valence-corrected chi connectivity index (χ1v) is 12.2. The molecule has 1 aromatic heterocycles. The Kier molecular flexibility index (Phi) is 5.36. The highest BCUT2D eigenvalue weighted by atomic mass is 32.2. The maximum absolute atomic E-state index is 13.9. The number of amides is 1. The Morgan fingerprint density at radius 1 is 1.23 bits per heavy atom. The van der Waals surface area contributed by atoms with E-state index in [2.05, 4.69) is 15.3 Å². The second-order valence-electron chi connectivity index (χ2n) is 9.00. The summed E-state index contributed by atoms with van der Waals surface area (Å²) in [5.74, 6) is -2.50. The van der Waals surface area contributed by atoms with Crippen molar-refractivity contribution in [3.05, 3.63) is 6.20 Å². The Hall–Kier alpha value is -2.08. The third kappa shape index (κ3) is 4.45. The number of aromatic nitrogens is 2. The Morgan fingerprint density at radius 3 is 2.48 bits per heavy atom. The third-order valence-electron chi connectivity index (χ3n) is 6.06. The molecule has 1 saturated carbocycles. The number of fused-ring (bicyclic) bond motifs is 1. The van der Waals surface area contributed by atoms with Crippen molar-refractivity contribution in [3.8, 4) is 5.75 Å². The van der Waals surface area contributed by atoms with Gasteiger partial charge in [-0.1, -0.05) is 0 Å². The molecule has 2 fully saturated rings. The molecular weight excluding hydrogens is 432 g/mol. The van der Waals surface area contributed by atoms with Crippen LogP contribution in [0.2, 0.25) is 0 Å². The molecule has 4 rings (SSSR count). The number of nitrogens with one attached hydrogen (secondary N) is 1.